The summed E-state index contributed by atoms with van der Waals surface area (Å²) in [5.41, 5.74) is 3.14. The van der Waals surface area contributed by atoms with Crippen molar-refractivity contribution in [1.29, 1.82) is 0 Å². The second-order valence-electron chi connectivity index (χ2n) is 6.52. The molecule has 1 heterocycles. The molecule has 0 unspecified atom stereocenters. The molecule has 1 aliphatic rings. The Morgan fingerprint density at radius 1 is 1.29 bits per heavy atom. The topological polar surface area (TPSA) is 61.8 Å². The summed E-state index contributed by atoms with van der Waals surface area (Å²) < 4.78 is 13.3. The van der Waals surface area contributed by atoms with Gasteiger partial charge in [-0.2, -0.15) is 0 Å². The van der Waals surface area contributed by atoms with Gasteiger partial charge in [0.25, 0.3) is 0 Å². The number of thioether (sulfide) groups is 1. The van der Waals surface area contributed by atoms with Crippen molar-refractivity contribution in [2.75, 3.05) is 12.4 Å². The van der Waals surface area contributed by atoms with Crippen molar-refractivity contribution in [3.05, 3.63) is 58.4 Å². The molecule has 0 radical (unpaired) electrons. The van der Waals surface area contributed by atoms with Crippen LogP contribution in [0.1, 0.15) is 17.5 Å². The molecule has 1 aliphatic heterocycles. The van der Waals surface area contributed by atoms with Gasteiger partial charge in [0.05, 0.1) is 10.7 Å². The van der Waals surface area contributed by atoms with E-state index in [1.165, 1.54) is 34.9 Å². The van der Waals surface area contributed by atoms with Gasteiger partial charge in [-0.3, -0.25) is 14.5 Å². The Bertz CT molecular complexity index is 960. The number of nitrogens with one attached hydrogen (secondary N) is 1. The van der Waals surface area contributed by atoms with E-state index in [0.29, 0.717) is 10.9 Å². The van der Waals surface area contributed by atoms with Gasteiger partial charge in [0.2, 0.25) is 11.8 Å². The van der Waals surface area contributed by atoms with Crippen LogP contribution in [0.25, 0.3) is 0 Å². The average Bonchev–Trinajstić information content (AvgIpc) is 2.89. The number of aryl methyl sites for hydroxylation is 2. The molecule has 0 aromatic heterocycles. The highest BCUT2D eigenvalue weighted by molar-refractivity contribution is 8.15. The molecule has 146 valence electrons. The minimum Gasteiger partial charge on any atom is -0.326 e. The summed E-state index contributed by atoms with van der Waals surface area (Å²) in [6.45, 7) is 3.84. The largest absolute Gasteiger partial charge is 0.326 e. The zero-order valence-electron chi connectivity index (χ0n) is 15.6. The predicted molar refractivity (Wildman–Crippen MR) is 112 cm³/mol. The molecule has 8 heteroatoms. The maximum Gasteiger partial charge on any atom is 0.242 e. The lowest BCUT2D eigenvalue weighted by molar-refractivity contribution is -0.127. The maximum atomic E-state index is 13.3. The molecular weight excluding hydrogens is 401 g/mol. The van der Waals surface area contributed by atoms with Crippen LogP contribution in [-0.4, -0.2) is 34.2 Å². The van der Waals surface area contributed by atoms with Gasteiger partial charge < -0.3 is 5.32 Å². The van der Waals surface area contributed by atoms with Crippen molar-refractivity contribution in [2.45, 2.75) is 25.5 Å². The third-order valence-corrected chi connectivity index (χ3v) is 5.90. The first kappa shape index (κ1) is 20.4. The van der Waals surface area contributed by atoms with Crippen LogP contribution < -0.4 is 5.32 Å². The number of para-hydroxylation sites is 1. The van der Waals surface area contributed by atoms with E-state index in [1.54, 1.807) is 7.05 Å². The standard InChI is InChI=1S/C20H19ClFN3O2S/c1-11-5-4-6-12(2)18(11)24-17(26)10-16-19(27)25(3)20(28-16)23-13-7-8-15(22)14(21)9-13/h4-9,16H,10H2,1-3H3,(H,24,26)/t16-/m0/s1. The third kappa shape index (κ3) is 4.36. The van der Waals surface area contributed by atoms with E-state index >= 15 is 0 Å². The molecule has 3 rings (SSSR count). The summed E-state index contributed by atoms with van der Waals surface area (Å²) in [6, 6.07) is 9.86. The Kier molecular flexibility index (Phi) is 6.05. The van der Waals surface area contributed by atoms with Crippen LogP contribution >= 0.6 is 23.4 Å². The molecule has 1 saturated heterocycles. The molecule has 1 atom stereocenters. The van der Waals surface area contributed by atoms with Gasteiger partial charge in [-0.25, -0.2) is 9.38 Å². The third-order valence-electron chi connectivity index (χ3n) is 4.38. The molecule has 1 N–H and O–H groups in total. The summed E-state index contributed by atoms with van der Waals surface area (Å²) in [5.74, 6) is -0.966. The first-order chi connectivity index (χ1) is 13.3. The lowest BCUT2D eigenvalue weighted by Crippen LogP contribution is -2.30. The first-order valence-electron chi connectivity index (χ1n) is 8.60. The van der Waals surface area contributed by atoms with Crippen LogP contribution in [0.2, 0.25) is 5.02 Å². The molecule has 0 saturated carbocycles. The van der Waals surface area contributed by atoms with Crippen LogP contribution in [0.3, 0.4) is 0 Å². The number of aliphatic imine (C=N–C) groups is 1. The van der Waals surface area contributed by atoms with E-state index in [4.69, 9.17) is 11.6 Å². The van der Waals surface area contributed by atoms with Gasteiger partial charge in [-0.1, -0.05) is 41.6 Å². The van der Waals surface area contributed by atoms with Gasteiger partial charge in [-0.05, 0) is 43.2 Å². The number of amidine groups is 1. The molecule has 2 aromatic rings. The van der Waals surface area contributed by atoms with E-state index in [2.05, 4.69) is 10.3 Å². The second-order valence-corrected chi connectivity index (χ2v) is 8.09. The van der Waals surface area contributed by atoms with Gasteiger partial charge in [0, 0.05) is 19.2 Å². The lowest BCUT2D eigenvalue weighted by Gasteiger charge is -2.12. The Morgan fingerprint density at radius 2 is 1.96 bits per heavy atom. The minimum absolute atomic E-state index is 0.0325. The number of rotatable bonds is 4. The smallest absolute Gasteiger partial charge is 0.242 e. The number of anilines is 1. The highest BCUT2D eigenvalue weighted by atomic mass is 35.5. The minimum atomic E-state index is -0.566. The molecule has 0 aliphatic carbocycles. The number of carbonyl (C=O) groups is 2. The van der Waals surface area contributed by atoms with Gasteiger partial charge >= 0.3 is 0 Å². The molecule has 2 amide bonds. The van der Waals surface area contributed by atoms with Crippen molar-refractivity contribution in [2.24, 2.45) is 4.99 Å². The number of hydrogen-bond acceptors (Lipinski definition) is 4. The maximum absolute atomic E-state index is 13.3. The quantitative estimate of drug-likeness (QED) is 0.782. The van der Waals surface area contributed by atoms with E-state index in [-0.39, 0.29) is 23.3 Å². The number of carbonyl (C=O) groups excluding carboxylic acids is 2. The van der Waals surface area contributed by atoms with Crippen LogP contribution in [-0.2, 0) is 9.59 Å². The Hall–Kier alpha value is -2.38. The molecule has 5 nitrogen and oxygen atoms in total. The second kappa shape index (κ2) is 8.32. The van der Waals surface area contributed by atoms with Crippen molar-refractivity contribution in [1.82, 2.24) is 4.90 Å². The highest BCUT2D eigenvalue weighted by Gasteiger charge is 2.37. The fraction of sp³-hybridized carbons (Fsp3) is 0.250. The fourth-order valence-electron chi connectivity index (χ4n) is 2.83. The van der Waals surface area contributed by atoms with Crippen LogP contribution in [0.15, 0.2) is 41.4 Å². The number of halogens is 2. The summed E-state index contributed by atoms with van der Waals surface area (Å²) in [6.07, 6.45) is 0.0325. The van der Waals surface area contributed by atoms with E-state index in [9.17, 15) is 14.0 Å². The van der Waals surface area contributed by atoms with E-state index < -0.39 is 11.1 Å². The normalized spacial score (nSPS) is 18.0. The average molecular weight is 420 g/mol. The van der Waals surface area contributed by atoms with Crippen molar-refractivity contribution in [3.63, 3.8) is 0 Å². The molecule has 0 spiro atoms. The van der Waals surface area contributed by atoms with Crippen LogP contribution in [0, 0.1) is 19.7 Å². The Morgan fingerprint density at radius 3 is 2.61 bits per heavy atom. The summed E-state index contributed by atoms with van der Waals surface area (Å²) in [4.78, 5) is 30.7. The molecule has 28 heavy (non-hydrogen) atoms. The SMILES string of the molecule is Cc1cccc(C)c1NC(=O)C[C@@H]1SC(=Nc2ccc(F)c(Cl)c2)N(C)C1=O. The van der Waals surface area contributed by atoms with Crippen LogP contribution in [0.5, 0.6) is 0 Å². The number of nitrogens with zero attached hydrogens (tertiary/aromatic N) is 2. The van der Waals surface area contributed by atoms with E-state index in [0.717, 1.165) is 16.8 Å². The predicted octanol–water partition coefficient (Wildman–Crippen LogP) is 4.69. The van der Waals surface area contributed by atoms with Crippen LogP contribution in [0.4, 0.5) is 15.8 Å². The van der Waals surface area contributed by atoms with Crippen molar-refractivity contribution < 1.29 is 14.0 Å². The zero-order valence-corrected chi connectivity index (χ0v) is 17.2. The van der Waals surface area contributed by atoms with Gasteiger partial charge in [-0.15, -0.1) is 0 Å². The number of amides is 2. The summed E-state index contributed by atoms with van der Waals surface area (Å²) in [7, 11) is 1.60. The monoisotopic (exact) mass is 419 g/mol. The summed E-state index contributed by atoms with van der Waals surface area (Å²) in [5, 5.41) is 2.73. The van der Waals surface area contributed by atoms with Crippen molar-refractivity contribution >= 4 is 51.7 Å². The Labute approximate surface area is 172 Å². The Balaban J connectivity index is 1.72. The van der Waals surface area contributed by atoms with Gasteiger partial charge in [0.15, 0.2) is 5.17 Å². The lowest BCUT2D eigenvalue weighted by atomic mass is 10.1. The molecular formula is C20H19ClFN3O2S. The van der Waals surface area contributed by atoms with Crippen molar-refractivity contribution in [3.8, 4) is 0 Å². The van der Waals surface area contributed by atoms with E-state index in [1.807, 2.05) is 32.0 Å². The summed E-state index contributed by atoms with van der Waals surface area (Å²) >= 11 is 6.99. The zero-order chi connectivity index (χ0) is 20.4. The highest BCUT2D eigenvalue weighted by Crippen LogP contribution is 2.32. The number of hydrogen-bond donors (Lipinski definition) is 1. The number of benzene rings is 2. The molecule has 2 aromatic carbocycles. The fourth-order valence-corrected chi connectivity index (χ4v) is 4.16. The molecule has 1 fully saturated rings. The molecule has 0 bridgehead atoms. The first-order valence-corrected chi connectivity index (χ1v) is 9.86. The van der Waals surface area contributed by atoms with Gasteiger partial charge in [0.1, 0.15) is 11.1 Å².